The van der Waals surface area contributed by atoms with Crippen LogP contribution in [0, 0.1) is 5.92 Å². The van der Waals surface area contributed by atoms with E-state index in [0.717, 1.165) is 23.6 Å². The molecule has 0 aliphatic carbocycles. The van der Waals surface area contributed by atoms with Gasteiger partial charge in [-0.25, -0.2) is 0 Å². The average molecular weight is 319 g/mol. The summed E-state index contributed by atoms with van der Waals surface area (Å²) < 4.78 is 38.6. The van der Waals surface area contributed by atoms with Crippen LogP contribution in [0.15, 0.2) is 24.3 Å². The molecule has 0 unspecified atom stereocenters. The molecule has 0 saturated carbocycles. The highest BCUT2D eigenvalue weighted by molar-refractivity contribution is 7.99. The minimum Gasteiger partial charge on any atom is -0.385 e. The number of thioether (sulfide) groups is 1. The molecule has 0 radical (unpaired) electrons. The van der Waals surface area contributed by atoms with Gasteiger partial charge in [-0.3, -0.25) is 0 Å². The van der Waals surface area contributed by atoms with E-state index in [-0.39, 0.29) is 5.92 Å². The van der Waals surface area contributed by atoms with Gasteiger partial charge in [0.25, 0.3) is 0 Å². The summed E-state index contributed by atoms with van der Waals surface area (Å²) in [6.45, 7) is 0.653. The molecule has 21 heavy (non-hydrogen) atoms. The number of hydrogen-bond donors (Lipinski definition) is 1. The molecule has 1 aliphatic heterocycles. The van der Waals surface area contributed by atoms with Crippen molar-refractivity contribution in [2.75, 3.05) is 32.1 Å². The van der Waals surface area contributed by atoms with Crippen LogP contribution in [0.2, 0.25) is 0 Å². The van der Waals surface area contributed by atoms with Crippen molar-refractivity contribution in [3.63, 3.8) is 0 Å². The monoisotopic (exact) mass is 319 g/mol. The van der Waals surface area contributed by atoms with Gasteiger partial charge in [-0.2, -0.15) is 24.9 Å². The van der Waals surface area contributed by atoms with E-state index in [1.54, 1.807) is 17.8 Å². The lowest BCUT2D eigenvalue weighted by Gasteiger charge is -2.41. The van der Waals surface area contributed by atoms with Crippen molar-refractivity contribution >= 4 is 11.8 Å². The second-order valence-corrected chi connectivity index (χ2v) is 6.94. The van der Waals surface area contributed by atoms with Gasteiger partial charge in [0, 0.05) is 18.2 Å². The lowest BCUT2D eigenvalue weighted by molar-refractivity contribution is -0.137. The van der Waals surface area contributed by atoms with E-state index in [4.69, 9.17) is 0 Å². The molecule has 2 atom stereocenters. The zero-order chi connectivity index (χ0) is 15.7. The van der Waals surface area contributed by atoms with E-state index in [9.17, 15) is 18.3 Å². The Morgan fingerprint density at radius 1 is 1.38 bits per heavy atom. The van der Waals surface area contributed by atoms with Crippen LogP contribution in [0.5, 0.6) is 0 Å². The summed E-state index contributed by atoms with van der Waals surface area (Å²) in [5.41, 5.74) is -1.50. The van der Waals surface area contributed by atoms with Gasteiger partial charge < -0.3 is 10.0 Å². The Bertz CT molecular complexity index is 492. The molecule has 1 heterocycles. The Hall–Kier alpha value is -0.720. The molecule has 1 aliphatic rings. The fourth-order valence-corrected chi connectivity index (χ4v) is 4.07. The Kier molecular flexibility index (Phi) is 4.90. The van der Waals surface area contributed by atoms with E-state index in [0.29, 0.717) is 18.5 Å². The average Bonchev–Trinajstić information content (AvgIpc) is 2.40. The molecule has 6 heteroatoms. The first-order valence-corrected chi connectivity index (χ1v) is 8.01. The zero-order valence-electron chi connectivity index (χ0n) is 12.2. The fourth-order valence-electron chi connectivity index (χ4n) is 2.78. The molecule has 2 nitrogen and oxygen atoms in total. The summed E-state index contributed by atoms with van der Waals surface area (Å²) in [4.78, 5) is 1.97. The molecule has 2 rings (SSSR count). The summed E-state index contributed by atoms with van der Waals surface area (Å²) in [6, 6.07) is 5.13. The van der Waals surface area contributed by atoms with Crippen LogP contribution in [-0.4, -0.2) is 42.2 Å². The summed E-state index contributed by atoms with van der Waals surface area (Å²) in [5, 5.41) is 11.0. The largest absolute Gasteiger partial charge is 0.416 e. The van der Waals surface area contributed by atoms with Crippen molar-refractivity contribution in [1.29, 1.82) is 0 Å². The fraction of sp³-hybridized carbons (Fsp3) is 0.600. The van der Waals surface area contributed by atoms with Crippen LogP contribution < -0.4 is 0 Å². The minimum atomic E-state index is -4.38. The van der Waals surface area contributed by atoms with Gasteiger partial charge in [-0.05, 0) is 44.0 Å². The van der Waals surface area contributed by atoms with Crippen molar-refractivity contribution < 1.29 is 18.3 Å². The summed E-state index contributed by atoms with van der Waals surface area (Å²) in [5.74, 6) is 1.44. The van der Waals surface area contributed by atoms with Crippen molar-refractivity contribution in [3.05, 3.63) is 35.4 Å². The molecule has 0 aromatic heterocycles. The van der Waals surface area contributed by atoms with Crippen molar-refractivity contribution in [2.24, 2.45) is 5.92 Å². The van der Waals surface area contributed by atoms with E-state index < -0.39 is 17.3 Å². The highest BCUT2D eigenvalue weighted by atomic mass is 32.2. The Labute approximate surface area is 127 Å². The third-order valence-corrected chi connectivity index (χ3v) is 5.03. The van der Waals surface area contributed by atoms with Gasteiger partial charge in [-0.15, -0.1) is 0 Å². The van der Waals surface area contributed by atoms with E-state index in [1.165, 1.54) is 6.07 Å². The van der Waals surface area contributed by atoms with Gasteiger partial charge in [-0.1, -0.05) is 12.1 Å². The second-order valence-electron chi connectivity index (χ2n) is 5.79. The number of alkyl halides is 3. The number of rotatable bonds is 3. The summed E-state index contributed by atoms with van der Waals surface area (Å²) in [7, 11) is 3.82. The number of hydrogen-bond acceptors (Lipinski definition) is 3. The molecule has 118 valence electrons. The van der Waals surface area contributed by atoms with E-state index >= 15 is 0 Å². The first-order chi connectivity index (χ1) is 9.73. The maximum Gasteiger partial charge on any atom is 0.416 e. The van der Waals surface area contributed by atoms with Crippen molar-refractivity contribution in [1.82, 2.24) is 4.90 Å². The SMILES string of the molecule is CN(C)C[C@@H]1CSCC[C@]1(O)c1cccc(C(F)(F)F)c1. The topological polar surface area (TPSA) is 23.5 Å². The molecule has 1 aromatic rings. The molecule has 0 spiro atoms. The van der Waals surface area contributed by atoms with Crippen LogP contribution >= 0.6 is 11.8 Å². The zero-order valence-corrected chi connectivity index (χ0v) is 13.0. The van der Waals surface area contributed by atoms with Crippen LogP contribution in [0.1, 0.15) is 17.5 Å². The smallest absolute Gasteiger partial charge is 0.385 e. The Morgan fingerprint density at radius 2 is 2.10 bits per heavy atom. The van der Waals surface area contributed by atoms with Crippen molar-refractivity contribution in [3.8, 4) is 0 Å². The lowest BCUT2D eigenvalue weighted by Crippen LogP contribution is -2.45. The number of nitrogens with zero attached hydrogens (tertiary/aromatic N) is 1. The molecular weight excluding hydrogens is 299 g/mol. The van der Waals surface area contributed by atoms with Crippen molar-refractivity contribution in [2.45, 2.75) is 18.2 Å². The number of aliphatic hydroxyl groups is 1. The van der Waals surface area contributed by atoms with Crippen LogP contribution in [0.4, 0.5) is 13.2 Å². The van der Waals surface area contributed by atoms with E-state index in [1.807, 2.05) is 19.0 Å². The molecule has 1 aromatic carbocycles. The van der Waals surface area contributed by atoms with Gasteiger partial charge in [0.15, 0.2) is 0 Å². The lowest BCUT2D eigenvalue weighted by atomic mass is 9.79. The predicted molar refractivity (Wildman–Crippen MR) is 79.3 cm³/mol. The molecule has 0 amide bonds. The summed E-state index contributed by atoms with van der Waals surface area (Å²) in [6.07, 6.45) is -3.90. The highest BCUT2D eigenvalue weighted by Crippen LogP contribution is 2.42. The standard InChI is InChI=1S/C15H20F3NOS/c1-19(2)9-13-10-21-7-6-14(13,20)11-4-3-5-12(8-11)15(16,17)18/h3-5,8,13,20H,6-7,9-10H2,1-2H3/t13-,14+/m1/s1. The van der Waals surface area contributed by atoms with Gasteiger partial charge in [0.2, 0.25) is 0 Å². The maximum absolute atomic E-state index is 12.9. The Balaban J connectivity index is 2.36. The molecule has 1 fully saturated rings. The van der Waals surface area contributed by atoms with Crippen LogP contribution in [-0.2, 0) is 11.8 Å². The number of halogens is 3. The van der Waals surface area contributed by atoms with Crippen LogP contribution in [0.3, 0.4) is 0 Å². The summed E-state index contributed by atoms with van der Waals surface area (Å²) >= 11 is 1.74. The third kappa shape index (κ3) is 3.73. The van der Waals surface area contributed by atoms with Crippen LogP contribution in [0.25, 0.3) is 0 Å². The first kappa shape index (κ1) is 16.6. The predicted octanol–water partition coefficient (Wildman–Crippen LogP) is 3.21. The van der Waals surface area contributed by atoms with Gasteiger partial charge in [0.05, 0.1) is 11.2 Å². The Morgan fingerprint density at radius 3 is 2.71 bits per heavy atom. The molecular formula is C15H20F3NOS. The third-order valence-electron chi connectivity index (χ3n) is 3.90. The molecule has 1 N–H and O–H groups in total. The van der Waals surface area contributed by atoms with Gasteiger partial charge in [0.1, 0.15) is 0 Å². The normalized spacial score (nSPS) is 27.1. The quantitative estimate of drug-likeness (QED) is 0.925. The molecule has 0 bridgehead atoms. The van der Waals surface area contributed by atoms with E-state index in [2.05, 4.69) is 0 Å². The molecule has 1 saturated heterocycles. The van der Waals surface area contributed by atoms with Gasteiger partial charge >= 0.3 is 6.18 Å². The highest BCUT2D eigenvalue weighted by Gasteiger charge is 2.42. The second kappa shape index (κ2) is 6.18. The number of benzene rings is 1. The first-order valence-electron chi connectivity index (χ1n) is 6.86. The minimum absolute atomic E-state index is 0.0743. The maximum atomic E-state index is 12.9.